The van der Waals surface area contributed by atoms with Crippen molar-refractivity contribution < 1.29 is 14.6 Å². The zero-order valence-electron chi connectivity index (χ0n) is 11.1. The molecule has 1 aliphatic heterocycles. The van der Waals surface area contributed by atoms with Gasteiger partial charge < -0.3 is 9.84 Å². The molecule has 1 atom stereocenters. The zero-order chi connectivity index (χ0) is 13.5. The maximum atomic E-state index is 11.3. The number of carbonyl (C=O) groups is 1. The Hall–Kier alpha value is -1.55. The molecule has 0 amide bonds. The molecule has 104 valence electrons. The molecule has 1 heterocycles. The highest BCUT2D eigenvalue weighted by molar-refractivity contribution is 5.73. The van der Waals surface area contributed by atoms with Gasteiger partial charge in [-0.25, -0.2) is 0 Å². The van der Waals surface area contributed by atoms with Crippen molar-refractivity contribution in [2.24, 2.45) is 0 Å². The first-order valence-electron chi connectivity index (χ1n) is 6.92. The average molecular weight is 263 g/mol. The summed E-state index contributed by atoms with van der Waals surface area (Å²) in [6.07, 6.45) is 3.96. The van der Waals surface area contributed by atoms with Gasteiger partial charge in [0.05, 0.1) is 0 Å². The van der Waals surface area contributed by atoms with Gasteiger partial charge in [0.1, 0.15) is 18.4 Å². The van der Waals surface area contributed by atoms with Crippen LogP contribution in [0.25, 0.3) is 0 Å². The molecule has 1 N–H and O–H groups in total. The molecule has 0 spiro atoms. The second-order valence-corrected chi connectivity index (χ2v) is 4.90. The second kappa shape index (κ2) is 7.14. The average Bonchev–Trinajstić information content (AvgIpc) is 2.65. The number of likely N-dealkylation sites (tertiary alicyclic amines) is 1. The molecular formula is C15H21NO3. The van der Waals surface area contributed by atoms with Gasteiger partial charge in [0.2, 0.25) is 0 Å². The van der Waals surface area contributed by atoms with E-state index in [1.165, 1.54) is 0 Å². The largest absolute Gasteiger partial charge is 0.492 e. The number of rotatable bonds is 5. The minimum absolute atomic E-state index is 0.345. The number of para-hydroxylation sites is 1. The first-order chi connectivity index (χ1) is 9.27. The van der Waals surface area contributed by atoms with Crippen LogP contribution < -0.4 is 4.74 Å². The molecule has 1 aromatic rings. The quantitative estimate of drug-likeness (QED) is 0.886. The third kappa shape index (κ3) is 4.24. The lowest BCUT2D eigenvalue weighted by molar-refractivity contribution is -0.143. The van der Waals surface area contributed by atoms with Crippen molar-refractivity contribution in [1.29, 1.82) is 0 Å². The summed E-state index contributed by atoms with van der Waals surface area (Å²) >= 11 is 0. The third-order valence-corrected chi connectivity index (χ3v) is 3.54. The van der Waals surface area contributed by atoms with E-state index in [0.717, 1.165) is 38.0 Å². The fraction of sp³-hybridized carbons (Fsp3) is 0.533. The molecule has 4 nitrogen and oxygen atoms in total. The van der Waals surface area contributed by atoms with Crippen molar-refractivity contribution in [3.63, 3.8) is 0 Å². The van der Waals surface area contributed by atoms with Gasteiger partial charge in [-0.1, -0.05) is 31.0 Å². The van der Waals surface area contributed by atoms with Gasteiger partial charge >= 0.3 is 5.97 Å². The van der Waals surface area contributed by atoms with Gasteiger partial charge in [-0.15, -0.1) is 0 Å². The molecule has 2 rings (SSSR count). The number of benzene rings is 1. The SMILES string of the molecule is O=C(O)C1CCCCCN1CCOc1ccccc1. The fourth-order valence-corrected chi connectivity index (χ4v) is 2.51. The van der Waals surface area contributed by atoms with E-state index in [9.17, 15) is 9.90 Å². The first-order valence-corrected chi connectivity index (χ1v) is 6.92. The molecule has 1 fully saturated rings. The number of aliphatic carboxylic acids is 1. The molecule has 4 heteroatoms. The molecule has 0 bridgehead atoms. The van der Waals surface area contributed by atoms with Crippen molar-refractivity contribution in [3.8, 4) is 5.75 Å². The molecule has 1 aliphatic rings. The second-order valence-electron chi connectivity index (χ2n) is 4.90. The van der Waals surface area contributed by atoms with Crippen LogP contribution in [0.3, 0.4) is 0 Å². The Balaban J connectivity index is 1.83. The Labute approximate surface area is 114 Å². The van der Waals surface area contributed by atoms with Crippen molar-refractivity contribution in [3.05, 3.63) is 30.3 Å². The van der Waals surface area contributed by atoms with Gasteiger partial charge in [0.15, 0.2) is 0 Å². The number of ether oxygens (including phenoxy) is 1. The molecule has 0 aliphatic carbocycles. The minimum Gasteiger partial charge on any atom is -0.492 e. The smallest absolute Gasteiger partial charge is 0.320 e. The molecular weight excluding hydrogens is 242 g/mol. The maximum Gasteiger partial charge on any atom is 0.320 e. The predicted octanol–water partition coefficient (Wildman–Crippen LogP) is 2.39. The van der Waals surface area contributed by atoms with E-state index < -0.39 is 5.97 Å². The summed E-state index contributed by atoms with van der Waals surface area (Å²) in [6, 6.07) is 9.29. The highest BCUT2D eigenvalue weighted by atomic mass is 16.5. The highest BCUT2D eigenvalue weighted by Gasteiger charge is 2.26. The van der Waals surface area contributed by atoms with E-state index in [0.29, 0.717) is 13.2 Å². The van der Waals surface area contributed by atoms with Crippen LogP contribution in [-0.2, 0) is 4.79 Å². The van der Waals surface area contributed by atoms with Crippen LogP contribution in [-0.4, -0.2) is 41.7 Å². The van der Waals surface area contributed by atoms with E-state index in [2.05, 4.69) is 0 Å². The molecule has 1 saturated heterocycles. The van der Waals surface area contributed by atoms with Crippen LogP contribution in [0.5, 0.6) is 5.75 Å². The highest BCUT2D eigenvalue weighted by Crippen LogP contribution is 2.17. The zero-order valence-corrected chi connectivity index (χ0v) is 11.1. The lowest BCUT2D eigenvalue weighted by Gasteiger charge is -2.26. The Morgan fingerprint density at radius 1 is 1.26 bits per heavy atom. The standard InChI is InChI=1S/C15H21NO3/c17-15(18)14-9-5-2-6-10-16(14)11-12-19-13-7-3-1-4-8-13/h1,3-4,7-8,14H,2,5-6,9-12H2,(H,17,18). The van der Waals surface area contributed by atoms with E-state index in [1.807, 2.05) is 35.2 Å². The molecule has 19 heavy (non-hydrogen) atoms. The number of carboxylic acids is 1. The number of nitrogens with zero attached hydrogens (tertiary/aromatic N) is 1. The molecule has 1 aromatic carbocycles. The predicted molar refractivity (Wildman–Crippen MR) is 73.4 cm³/mol. The molecule has 0 aromatic heterocycles. The Morgan fingerprint density at radius 3 is 2.79 bits per heavy atom. The van der Waals surface area contributed by atoms with Crippen LogP contribution in [0.2, 0.25) is 0 Å². The topological polar surface area (TPSA) is 49.8 Å². The van der Waals surface area contributed by atoms with Crippen molar-refractivity contribution in [2.75, 3.05) is 19.7 Å². The summed E-state index contributed by atoms with van der Waals surface area (Å²) in [7, 11) is 0. The van der Waals surface area contributed by atoms with Crippen LogP contribution >= 0.6 is 0 Å². The fourth-order valence-electron chi connectivity index (χ4n) is 2.51. The first kappa shape index (κ1) is 13.9. The van der Waals surface area contributed by atoms with Gasteiger partial charge in [0.25, 0.3) is 0 Å². The Morgan fingerprint density at radius 2 is 2.05 bits per heavy atom. The van der Waals surface area contributed by atoms with Crippen LogP contribution in [0.1, 0.15) is 25.7 Å². The van der Waals surface area contributed by atoms with E-state index >= 15 is 0 Å². The minimum atomic E-state index is -0.707. The third-order valence-electron chi connectivity index (χ3n) is 3.54. The summed E-state index contributed by atoms with van der Waals surface area (Å²) in [5.74, 6) is 0.130. The number of hydrogen-bond donors (Lipinski definition) is 1. The van der Waals surface area contributed by atoms with Crippen molar-refractivity contribution in [1.82, 2.24) is 4.90 Å². The Bertz CT molecular complexity index is 394. The van der Waals surface area contributed by atoms with Crippen LogP contribution in [0.15, 0.2) is 30.3 Å². The van der Waals surface area contributed by atoms with Crippen molar-refractivity contribution in [2.45, 2.75) is 31.7 Å². The maximum absolute atomic E-state index is 11.3. The molecule has 0 radical (unpaired) electrons. The molecule has 0 saturated carbocycles. The van der Waals surface area contributed by atoms with Crippen molar-refractivity contribution >= 4 is 5.97 Å². The summed E-state index contributed by atoms with van der Waals surface area (Å²) in [5, 5.41) is 9.27. The Kier molecular flexibility index (Phi) is 5.21. The van der Waals surface area contributed by atoms with Crippen LogP contribution in [0, 0.1) is 0 Å². The monoisotopic (exact) mass is 263 g/mol. The van der Waals surface area contributed by atoms with Crippen LogP contribution in [0.4, 0.5) is 0 Å². The lowest BCUT2D eigenvalue weighted by Crippen LogP contribution is -2.42. The van der Waals surface area contributed by atoms with Gasteiger partial charge in [-0.2, -0.15) is 0 Å². The van der Waals surface area contributed by atoms with Gasteiger partial charge in [-0.3, -0.25) is 9.69 Å². The van der Waals surface area contributed by atoms with E-state index in [1.54, 1.807) is 0 Å². The summed E-state index contributed by atoms with van der Waals surface area (Å²) in [6.45, 7) is 2.06. The summed E-state index contributed by atoms with van der Waals surface area (Å²) in [5.41, 5.74) is 0. The number of carboxylic acid groups (broad SMARTS) is 1. The number of hydrogen-bond acceptors (Lipinski definition) is 3. The summed E-state index contributed by atoms with van der Waals surface area (Å²) < 4.78 is 5.64. The normalized spacial score (nSPS) is 20.7. The van der Waals surface area contributed by atoms with E-state index in [4.69, 9.17) is 4.74 Å². The van der Waals surface area contributed by atoms with Gasteiger partial charge in [0, 0.05) is 6.54 Å². The summed E-state index contributed by atoms with van der Waals surface area (Å²) in [4.78, 5) is 13.3. The van der Waals surface area contributed by atoms with E-state index in [-0.39, 0.29) is 6.04 Å². The van der Waals surface area contributed by atoms with Gasteiger partial charge in [-0.05, 0) is 31.5 Å². The molecule has 1 unspecified atom stereocenters. The lowest BCUT2D eigenvalue weighted by atomic mass is 10.1.